The number of hydrogen-bond acceptors (Lipinski definition) is 6. The molecule has 0 aliphatic heterocycles. The summed E-state index contributed by atoms with van der Waals surface area (Å²) in [6, 6.07) is 9.75. The van der Waals surface area contributed by atoms with Gasteiger partial charge in [-0.15, -0.1) is 0 Å². The molecule has 2 aromatic carbocycles. The lowest BCUT2D eigenvalue weighted by molar-refractivity contribution is -0.140. The van der Waals surface area contributed by atoms with E-state index in [-0.39, 0.29) is 35.7 Å². The molecule has 0 radical (unpaired) electrons. The first-order chi connectivity index (χ1) is 14.8. The van der Waals surface area contributed by atoms with Gasteiger partial charge < -0.3 is 18.6 Å². The fraction of sp³-hybridized carbons (Fsp3) is 0.273. The lowest BCUT2D eigenvalue weighted by Gasteiger charge is -2.11. The number of alkyl halides is 3. The summed E-state index contributed by atoms with van der Waals surface area (Å²) in [6.07, 6.45) is -4.39. The summed E-state index contributed by atoms with van der Waals surface area (Å²) in [6.45, 7) is 0. The maximum atomic E-state index is 13.2. The lowest BCUT2D eigenvalue weighted by atomic mass is 10.0. The Morgan fingerprint density at radius 2 is 1.84 bits per heavy atom. The summed E-state index contributed by atoms with van der Waals surface area (Å²) in [5, 5.41) is 0. The van der Waals surface area contributed by atoms with Crippen LogP contribution in [0.3, 0.4) is 0 Å². The third kappa shape index (κ3) is 4.99. The van der Waals surface area contributed by atoms with Crippen LogP contribution < -0.4 is 9.47 Å². The van der Waals surface area contributed by atoms with Gasteiger partial charge >= 0.3 is 12.1 Å². The molecule has 31 heavy (non-hydrogen) atoms. The molecular weight excluding hydrogens is 415 g/mol. The van der Waals surface area contributed by atoms with Gasteiger partial charge in [-0.2, -0.15) is 13.2 Å². The van der Waals surface area contributed by atoms with Gasteiger partial charge in [-0.25, -0.2) is 4.98 Å². The van der Waals surface area contributed by atoms with Gasteiger partial charge in [-0.3, -0.25) is 4.79 Å². The van der Waals surface area contributed by atoms with Crippen LogP contribution in [0.2, 0.25) is 0 Å². The maximum Gasteiger partial charge on any atom is 0.416 e. The molecule has 0 bridgehead atoms. The van der Waals surface area contributed by atoms with Crippen LogP contribution in [0.15, 0.2) is 46.9 Å². The molecule has 0 aliphatic carbocycles. The van der Waals surface area contributed by atoms with Crippen LogP contribution in [0.1, 0.15) is 17.9 Å². The highest BCUT2D eigenvalue weighted by Crippen LogP contribution is 2.41. The van der Waals surface area contributed by atoms with Crippen molar-refractivity contribution in [1.82, 2.24) is 4.98 Å². The number of methoxy groups -OCH3 is 3. The largest absolute Gasteiger partial charge is 0.497 e. The third-order valence-electron chi connectivity index (χ3n) is 4.56. The van der Waals surface area contributed by atoms with Crippen LogP contribution in [-0.2, 0) is 22.1 Å². The predicted molar refractivity (Wildman–Crippen MR) is 106 cm³/mol. The summed E-state index contributed by atoms with van der Waals surface area (Å²) in [4.78, 5) is 16.0. The number of carbonyl (C=O) groups is 1. The first-order valence-electron chi connectivity index (χ1n) is 9.23. The number of hydrogen-bond donors (Lipinski definition) is 0. The maximum absolute atomic E-state index is 13.2. The van der Waals surface area contributed by atoms with Crippen LogP contribution in [-0.4, -0.2) is 32.3 Å². The van der Waals surface area contributed by atoms with E-state index in [2.05, 4.69) is 9.72 Å². The van der Waals surface area contributed by atoms with Gasteiger partial charge in [-0.05, 0) is 30.3 Å². The lowest BCUT2D eigenvalue weighted by Crippen LogP contribution is -2.04. The Morgan fingerprint density at radius 3 is 2.48 bits per heavy atom. The van der Waals surface area contributed by atoms with Crippen molar-refractivity contribution in [3.8, 4) is 34.1 Å². The molecule has 0 fully saturated rings. The molecule has 3 aromatic rings. The molecule has 9 heteroatoms. The zero-order valence-corrected chi connectivity index (χ0v) is 17.1. The first kappa shape index (κ1) is 22.2. The minimum atomic E-state index is -4.52. The molecule has 164 valence electrons. The van der Waals surface area contributed by atoms with Crippen molar-refractivity contribution in [3.05, 3.63) is 53.9 Å². The number of aromatic nitrogens is 1. The average Bonchev–Trinajstić information content (AvgIpc) is 3.20. The molecule has 0 aliphatic rings. The number of nitrogens with zero attached hydrogens (tertiary/aromatic N) is 1. The van der Waals surface area contributed by atoms with E-state index in [4.69, 9.17) is 13.9 Å². The van der Waals surface area contributed by atoms with Gasteiger partial charge in [0.2, 0.25) is 0 Å². The van der Waals surface area contributed by atoms with Crippen LogP contribution >= 0.6 is 0 Å². The summed E-state index contributed by atoms with van der Waals surface area (Å²) in [7, 11) is 4.22. The molecule has 0 atom stereocenters. The van der Waals surface area contributed by atoms with Crippen molar-refractivity contribution in [1.29, 1.82) is 0 Å². The fourth-order valence-electron chi connectivity index (χ4n) is 3.00. The molecule has 0 saturated heterocycles. The standard InChI is InChI=1S/C22H20F3NO5/c1-28-15-7-8-17(29-2)16(12-15)20-21(31-18(26-20)9-10-19(27)30-3)13-5-4-6-14(11-13)22(23,24)25/h4-8,11-12H,9-10H2,1-3H3. The van der Waals surface area contributed by atoms with E-state index in [9.17, 15) is 18.0 Å². The Labute approximate surface area is 176 Å². The number of halogens is 3. The highest BCUT2D eigenvalue weighted by Gasteiger charge is 2.31. The van der Waals surface area contributed by atoms with Crippen LogP contribution in [0.5, 0.6) is 11.5 Å². The average molecular weight is 435 g/mol. The van der Waals surface area contributed by atoms with Gasteiger partial charge in [0, 0.05) is 17.5 Å². The molecule has 1 heterocycles. The van der Waals surface area contributed by atoms with Crippen LogP contribution in [0.4, 0.5) is 13.2 Å². The van der Waals surface area contributed by atoms with E-state index >= 15 is 0 Å². The van der Waals surface area contributed by atoms with Crippen LogP contribution in [0, 0.1) is 0 Å². The molecule has 0 amide bonds. The van der Waals surface area contributed by atoms with Crippen molar-refractivity contribution in [2.24, 2.45) is 0 Å². The van der Waals surface area contributed by atoms with Crippen molar-refractivity contribution in [2.45, 2.75) is 19.0 Å². The second-order valence-electron chi connectivity index (χ2n) is 6.51. The molecule has 3 rings (SSSR count). The molecular formula is C22H20F3NO5. The Kier molecular flexibility index (Phi) is 6.53. The third-order valence-corrected chi connectivity index (χ3v) is 4.56. The molecule has 6 nitrogen and oxygen atoms in total. The van der Waals surface area contributed by atoms with Crippen molar-refractivity contribution < 1.29 is 36.6 Å². The number of carbonyl (C=O) groups excluding carboxylic acids is 1. The van der Waals surface area contributed by atoms with Gasteiger partial charge in [0.25, 0.3) is 0 Å². The van der Waals surface area contributed by atoms with Gasteiger partial charge in [0.05, 0.1) is 33.3 Å². The minimum Gasteiger partial charge on any atom is -0.497 e. The number of benzene rings is 2. The Morgan fingerprint density at radius 1 is 1.06 bits per heavy atom. The zero-order chi connectivity index (χ0) is 22.6. The fourth-order valence-corrected chi connectivity index (χ4v) is 3.00. The molecule has 1 aromatic heterocycles. The predicted octanol–water partition coefficient (Wildman–Crippen LogP) is 5.15. The summed E-state index contributed by atoms with van der Waals surface area (Å²) >= 11 is 0. The van der Waals surface area contributed by atoms with Crippen LogP contribution in [0.25, 0.3) is 22.6 Å². The number of oxazole rings is 1. The summed E-state index contributed by atoms with van der Waals surface area (Å²) < 4.78 is 60.8. The van der Waals surface area contributed by atoms with E-state index in [1.165, 1.54) is 33.5 Å². The highest BCUT2D eigenvalue weighted by atomic mass is 19.4. The number of rotatable bonds is 7. The quantitative estimate of drug-likeness (QED) is 0.478. The van der Waals surface area contributed by atoms with E-state index in [0.29, 0.717) is 17.1 Å². The van der Waals surface area contributed by atoms with Crippen molar-refractivity contribution >= 4 is 5.97 Å². The Hall–Kier alpha value is -3.49. The molecule has 0 saturated carbocycles. The van der Waals surface area contributed by atoms with E-state index in [1.807, 2.05) is 0 Å². The second-order valence-corrected chi connectivity index (χ2v) is 6.51. The normalized spacial score (nSPS) is 11.3. The van der Waals surface area contributed by atoms with E-state index in [0.717, 1.165) is 12.1 Å². The Balaban J connectivity index is 2.17. The van der Waals surface area contributed by atoms with Crippen molar-refractivity contribution in [3.63, 3.8) is 0 Å². The van der Waals surface area contributed by atoms with Gasteiger partial charge in [-0.1, -0.05) is 12.1 Å². The number of ether oxygens (including phenoxy) is 3. The monoisotopic (exact) mass is 435 g/mol. The molecule has 0 spiro atoms. The zero-order valence-electron chi connectivity index (χ0n) is 17.1. The molecule has 0 N–H and O–H groups in total. The number of esters is 1. The second kappa shape index (κ2) is 9.11. The van der Waals surface area contributed by atoms with Gasteiger partial charge in [0.15, 0.2) is 11.7 Å². The van der Waals surface area contributed by atoms with Crippen molar-refractivity contribution in [2.75, 3.05) is 21.3 Å². The Bertz CT molecular complexity index is 1080. The van der Waals surface area contributed by atoms with Gasteiger partial charge in [0.1, 0.15) is 17.2 Å². The first-order valence-corrected chi connectivity index (χ1v) is 9.23. The molecule has 0 unspecified atom stereocenters. The van der Waals surface area contributed by atoms with E-state index in [1.54, 1.807) is 18.2 Å². The highest BCUT2D eigenvalue weighted by molar-refractivity contribution is 5.81. The SMILES string of the molecule is COC(=O)CCc1nc(-c2cc(OC)ccc2OC)c(-c2cccc(C(F)(F)F)c2)o1. The number of aryl methyl sites for hydroxylation is 1. The smallest absolute Gasteiger partial charge is 0.416 e. The summed E-state index contributed by atoms with van der Waals surface area (Å²) in [5.41, 5.74) is 0.116. The topological polar surface area (TPSA) is 70.8 Å². The summed E-state index contributed by atoms with van der Waals surface area (Å²) in [5.74, 6) is 0.779. The minimum absolute atomic E-state index is 0.00767. The van der Waals surface area contributed by atoms with E-state index < -0.39 is 17.7 Å².